The molecule has 0 aromatic heterocycles. The number of carbonyl (C=O) groups is 2. The molecule has 1 saturated heterocycles. The average molecular weight is 330 g/mol. The number of rotatable bonds is 8. The largest absolute Gasteiger partial charge is 0.494 e. The summed E-state index contributed by atoms with van der Waals surface area (Å²) in [6.45, 7) is 5.21. The Hall–Kier alpha value is -1.88. The monoisotopic (exact) mass is 330 g/mol. The zero-order valence-corrected chi connectivity index (χ0v) is 14.3. The van der Waals surface area contributed by atoms with Gasteiger partial charge in [-0.05, 0) is 56.9 Å². The number of carbonyl (C=O) groups excluding carboxylic acids is 2. The van der Waals surface area contributed by atoms with Gasteiger partial charge in [-0.25, -0.2) is 0 Å². The minimum Gasteiger partial charge on any atom is -0.494 e. The summed E-state index contributed by atoms with van der Waals surface area (Å²) in [5, 5.41) is 3.16. The molecule has 0 spiro atoms. The van der Waals surface area contributed by atoms with Crippen LogP contribution in [0.15, 0.2) is 24.3 Å². The fourth-order valence-electron chi connectivity index (χ4n) is 3.08. The second kappa shape index (κ2) is 7.79. The molecular formula is C19H26N2O3. The predicted molar refractivity (Wildman–Crippen MR) is 92.3 cm³/mol. The molecule has 1 heterocycles. The molecule has 2 fully saturated rings. The number of likely N-dealkylation sites (tertiary alicyclic amines) is 1. The van der Waals surface area contributed by atoms with Crippen LogP contribution in [0.25, 0.3) is 0 Å². The number of benzene rings is 1. The molecule has 0 radical (unpaired) electrons. The number of nitrogens with one attached hydrogen (secondary N) is 1. The van der Waals surface area contributed by atoms with Gasteiger partial charge in [0.15, 0.2) is 5.78 Å². The lowest BCUT2D eigenvalue weighted by Crippen LogP contribution is -2.38. The van der Waals surface area contributed by atoms with E-state index < -0.39 is 0 Å². The number of ether oxygens (including phenoxy) is 1. The highest BCUT2D eigenvalue weighted by Crippen LogP contribution is 2.29. The minimum atomic E-state index is 0.0684. The Bertz CT molecular complexity index is 581. The van der Waals surface area contributed by atoms with Crippen molar-refractivity contribution in [2.45, 2.75) is 38.6 Å². The average Bonchev–Trinajstić information content (AvgIpc) is 3.34. The van der Waals surface area contributed by atoms with Crippen LogP contribution in [0.3, 0.4) is 0 Å². The maximum absolute atomic E-state index is 11.8. The molecule has 2 aliphatic rings. The molecule has 1 amide bonds. The van der Waals surface area contributed by atoms with Crippen molar-refractivity contribution >= 4 is 11.7 Å². The predicted octanol–water partition coefficient (Wildman–Crippen LogP) is 2.26. The Labute approximate surface area is 143 Å². The summed E-state index contributed by atoms with van der Waals surface area (Å²) in [5.74, 6) is 1.41. The number of amides is 1. The molecule has 5 nitrogen and oxygen atoms in total. The molecule has 1 N–H and O–H groups in total. The van der Waals surface area contributed by atoms with E-state index in [2.05, 4.69) is 10.2 Å². The van der Waals surface area contributed by atoms with Gasteiger partial charge in [0.25, 0.3) is 0 Å². The fraction of sp³-hybridized carbons (Fsp3) is 0.579. The highest BCUT2D eigenvalue weighted by molar-refractivity contribution is 5.94. The van der Waals surface area contributed by atoms with Gasteiger partial charge in [0.2, 0.25) is 5.91 Å². The van der Waals surface area contributed by atoms with Gasteiger partial charge in [-0.1, -0.05) is 0 Å². The summed E-state index contributed by atoms with van der Waals surface area (Å²) < 4.78 is 5.72. The summed E-state index contributed by atoms with van der Waals surface area (Å²) in [6.07, 6.45) is 4.13. The summed E-state index contributed by atoms with van der Waals surface area (Å²) in [6, 6.07) is 7.60. The van der Waals surface area contributed by atoms with Gasteiger partial charge in [0.1, 0.15) is 5.75 Å². The van der Waals surface area contributed by atoms with E-state index in [-0.39, 0.29) is 11.7 Å². The van der Waals surface area contributed by atoms with Gasteiger partial charge in [0, 0.05) is 37.2 Å². The third kappa shape index (κ3) is 4.81. The van der Waals surface area contributed by atoms with Crippen LogP contribution < -0.4 is 10.1 Å². The highest BCUT2D eigenvalue weighted by Gasteiger charge is 2.32. The van der Waals surface area contributed by atoms with E-state index in [1.54, 1.807) is 19.1 Å². The third-order valence-corrected chi connectivity index (χ3v) is 4.72. The number of ketones is 1. The fourth-order valence-corrected chi connectivity index (χ4v) is 3.08. The zero-order valence-electron chi connectivity index (χ0n) is 14.3. The lowest BCUT2D eigenvalue weighted by Gasteiger charge is -2.17. The first kappa shape index (κ1) is 17.0. The van der Waals surface area contributed by atoms with Crippen LogP contribution in [0.5, 0.6) is 5.75 Å². The Morgan fingerprint density at radius 3 is 2.62 bits per heavy atom. The lowest BCUT2D eigenvalue weighted by molar-refractivity contribution is -0.122. The zero-order chi connectivity index (χ0) is 16.9. The molecule has 5 heteroatoms. The van der Waals surface area contributed by atoms with Gasteiger partial charge >= 0.3 is 0 Å². The smallest absolute Gasteiger partial charge is 0.223 e. The van der Waals surface area contributed by atoms with Crippen molar-refractivity contribution in [1.82, 2.24) is 10.2 Å². The number of hydrogen-bond donors (Lipinski definition) is 1. The molecule has 1 unspecified atom stereocenters. The molecule has 1 aliphatic carbocycles. The van der Waals surface area contributed by atoms with Crippen molar-refractivity contribution in [2.24, 2.45) is 5.92 Å². The molecule has 1 aromatic carbocycles. The van der Waals surface area contributed by atoms with Gasteiger partial charge in [-0.15, -0.1) is 0 Å². The number of hydrogen-bond acceptors (Lipinski definition) is 4. The summed E-state index contributed by atoms with van der Waals surface area (Å²) >= 11 is 0. The Kier molecular flexibility index (Phi) is 5.51. The molecule has 1 saturated carbocycles. The number of Topliss-reactive ketones (excluding diaryl/α,β-unsaturated/α-hetero) is 1. The van der Waals surface area contributed by atoms with E-state index in [0.29, 0.717) is 24.1 Å². The normalized spacial score (nSPS) is 20.8. The van der Waals surface area contributed by atoms with Crippen LogP contribution >= 0.6 is 0 Å². The van der Waals surface area contributed by atoms with Gasteiger partial charge in [0.05, 0.1) is 6.61 Å². The topological polar surface area (TPSA) is 58.6 Å². The van der Waals surface area contributed by atoms with Crippen molar-refractivity contribution in [3.63, 3.8) is 0 Å². The van der Waals surface area contributed by atoms with E-state index >= 15 is 0 Å². The SMILES string of the molecule is CC(=O)c1ccc(OCCCN2CCC(NC(=O)C3CC3)C2)cc1. The van der Waals surface area contributed by atoms with Crippen LogP contribution in [0.4, 0.5) is 0 Å². The first-order chi connectivity index (χ1) is 11.6. The number of nitrogens with zero attached hydrogens (tertiary/aromatic N) is 1. The summed E-state index contributed by atoms with van der Waals surface area (Å²) in [4.78, 5) is 25.4. The van der Waals surface area contributed by atoms with Gasteiger partial charge < -0.3 is 15.0 Å². The maximum Gasteiger partial charge on any atom is 0.223 e. The molecule has 1 aliphatic heterocycles. The molecule has 1 aromatic rings. The van der Waals surface area contributed by atoms with E-state index in [4.69, 9.17) is 4.74 Å². The molecule has 130 valence electrons. The quantitative estimate of drug-likeness (QED) is 0.587. The van der Waals surface area contributed by atoms with Crippen LogP contribution in [0, 0.1) is 5.92 Å². The lowest BCUT2D eigenvalue weighted by atomic mass is 10.1. The first-order valence-corrected chi connectivity index (χ1v) is 8.88. The van der Waals surface area contributed by atoms with Crippen LogP contribution in [-0.2, 0) is 4.79 Å². The summed E-state index contributed by atoms with van der Waals surface area (Å²) in [5.41, 5.74) is 0.707. The second-order valence-corrected chi connectivity index (χ2v) is 6.85. The van der Waals surface area contributed by atoms with E-state index in [1.165, 1.54) is 0 Å². The van der Waals surface area contributed by atoms with Crippen molar-refractivity contribution in [2.75, 3.05) is 26.2 Å². The first-order valence-electron chi connectivity index (χ1n) is 8.88. The molecule has 0 bridgehead atoms. The molecular weight excluding hydrogens is 304 g/mol. The van der Waals surface area contributed by atoms with Crippen molar-refractivity contribution in [3.8, 4) is 5.75 Å². The third-order valence-electron chi connectivity index (χ3n) is 4.72. The highest BCUT2D eigenvalue weighted by atomic mass is 16.5. The Morgan fingerprint density at radius 2 is 1.96 bits per heavy atom. The van der Waals surface area contributed by atoms with Crippen LogP contribution in [-0.4, -0.2) is 48.9 Å². The van der Waals surface area contributed by atoms with Crippen molar-refractivity contribution in [3.05, 3.63) is 29.8 Å². The molecule has 24 heavy (non-hydrogen) atoms. The Balaban J connectivity index is 1.30. The minimum absolute atomic E-state index is 0.0684. The van der Waals surface area contributed by atoms with Crippen LogP contribution in [0.2, 0.25) is 0 Å². The van der Waals surface area contributed by atoms with Gasteiger partial charge in [-0.3, -0.25) is 9.59 Å². The molecule has 3 rings (SSSR count). The van der Waals surface area contributed by atoms with Crippen molar-refractivity contribution < 1.29 is 14.3 Å². The van der Waals surface area contributed by atoms with E-state index in [1.807, 2.05) is 12.1 Å². The molecule has 1 atom stereocenters. The standard InChI is InChI=1S/C19H26N2O3/c1-14(22)15-5-7-18(8-6-15)24-12-2-10-21-11-9-17(13-21)20-19(23)16-3-4-16/h5-8,16-17H,2-4,9-13H2,1H3,(H,20,23). The van der Waals surface area contributed by atoms with E-state index in [9.17, 15) is 9.59 Å². The second-order valence-electron chi connectivity index (χ2n) is 6.85. The van der Waals surface area contributed by atoms with E-state index in [0.717, 1.165) is 51.1 Å². The summed E-state index contributed by atoms with van der Waals surface area (Å²) in [7, 11) is 0. The van der Waals surface area contributed by atoms with Crippen molar-refractivity contribution in [1.29, 1.82) is 0 Å². The maximum atomic E-state index is 11.8. The van der Waals surface area contributed by atoms with Crippen LogP contribution in [0.1, 0.15) is 43.0 Å². The Morgan fingerprint density at radius 1 is 1.21 bits per heavy atom. The van der Waals surface area contributed by atoms with Gasteiger partial charge in [-0.2, -0.15) is 0 Å².